The average molecular weight is 263 g/mol. The van der Waals surface area contributed by atoms with E-state index in [0.717, 1.165) is 6.42 Å². The first-order valence-electron chi connectivity index (χ1n) is 5.16. The molecule has 0 heterocycles. The van der Waals surface area contributed by atoms with E-state index in [1.54, 1.807) is 0 Å². The van der Waals surface area contributed by atoms with Gasteiger partial charge in [0.2, 0.25) is 0 Å². The van der Waals surface area contributed by atoms with Crippen LogP contribution >= 0.6 is 0 Å². The SMILES string of the molecule is N[C@H]1C=CC(CO)C1.O=C(O)C(O)[C@H](O)C(=O)O. The number of aliphatic hydroxyl groups excluding tert-OH is 3. The summed E-state index contributed by atoms with van der Waals surface area (Å²) in [6.45, 7) is 0.240. The van der Waals surface area contributed by atoms with Crippen molar-refractivity contribution in [1.82, 2.24) is 0 Å². The van der Waals surface area contributed by atoms with Gasteiger partial charge in [-0.15, -0.1) is 0 Å². The quantitative estimate of drug-likeness (QED) is 0.310. The van der Waals surface area contributed by atoms with E-state index in [-0.39, 0.29) is 12.6 Å². The highest BCUT2D eigenvalue weighted by atomic mass is 16.4. The monoisotopic (exact) mass is 263 g/mol. The van der Waals surface area contributed by atoms with E-state index in [4.69, 9.17) is 31.3 Å². The smallest absolute Gasteiger partial charge is 0.335 e. The second kappa shape index (κ2) is 7.77. The fraction of sp³-hybridized carbons (Fsp3) is 0.600. The van der Waals surface area contributed by atoms with Crippen molar-refractivity contribution in [3.63, 3.8) is 0 Å². The van der Waals surface area contributed by atoms with Gasteiger partial charge in [-0.05, 0) is 6.42 Å². The van der Waals surface area contributed by atoms with Crippen LogP contribution in [0.15, 0.2) is 12.2 Å². The summed E-state index contributed by atoms with van der Waals surface area (Å²) in [4.78, 5) is 19.5. The number of rotatable bonds is 4. The molecule has 0 aromatic heterocycles. The minimum Gasteiger partial charge on any atom is -0.479 e. The molecule has 1 rings (SSSR count). The molecule has 1 aliphatic carbocycles. The lowest BCUT2D eigenvalue weighted by atomic mass is 10.1. The number of aliphatic hydroxyl groups is 3. The minimum atomic E-state index is -2.27. The molecule has 0 aromatic rings. The predicted molar refractivity (Wildman–Crippen MR) is 59.6 cm³/mol. The van der Waals surface area contributed by atoms with Crippen molar-refractivity contribution >= 4 is 11.9 Å². The van der Waals surface area contributed by atoms with Crippen molar-refractivity contribution in [3.8, 4) is 0 Å². The Labute approximate surface area is 103 Å². The molecule has 104 valence electrons. The van der Waals surface area contributed by atoms with Gasteiger partial charge in [-0.1, -0.05) is 12.2 Å². The maximum atomic E-state index is 9.77. The van der Waals surface area contributed by atoms with E-state index in [1.165, 1.54) is 0 Å². The fourth-order valence-corrected chi connectivity index (χ4v) is 1.21. The van der Waals surface area contributed by atoms with Crippen molar-refractivity contribution in [2.45, 2.75) is 24.7 Å². The van der Waals surface area contributed by atoms with Gasteiger partial charge in [0.25, 0.3) is 0 Å². The van der Waals surface area contributed by atoms with E-state index in [1.807, 2.05) is 12.2 Å². The lowest BCUT2D eigenvalue weighted by molar-refractivity contribution is -0.165. The van der Waals surface area contributed by atoms with Gasteiger partial charge in [-0.2, -0.15) is 0 Å². The summed E-state index contributed by atoms with van der Waals surface area (Å²) in [6, 6.07) is 0.187. The van der Waals surface area contributed by atoms with E-state index >= 15 is 0 Å². The number of aliphatic carboxylic acids is 2. The first kappa shape index (κ1) is 16.5. The Morgan fingerprint density at radius 2 is 1.61 bits per heavy atom. The predicted octanol–water partition coefficient (Wildman–Crippen LogP) is -2.24. The Kier molecular flexibility index (Phi) is 7.13. The molecule has 4 atom stereocenters. The summed E-state index contributed by atoms with van der Waals surface area (Å²) in [6.07, 6.45) is 0.303. The number of carboxylic acid groups (broad SMARTS) is 2. The van der Waals surface area contributed by atoms with Gasteiger partial charge >= 0.3 is 11.9 Å². The molecule has 0 amide bonds. The molecule has 0 aromatic carbocycles. The minimum absolute atomic E-state index is 0.187. The van der Waals surface area contributed by atoms with Crippen LogP contribution in [0.25, 0.3) is 0 Å². The first-order valence-corrected chi connectivity index (χ1v) is 5.16. The summed E-state index contributed by atoms with van der Waals surface area (Å²) in [5.41, 5.74) is 5.50. The lowest BCUT2D eigenvalue weighted by Gasteiger charge is -2.07. The molecule has 8 nitrogen and oxygen atoms in total. The van der Waals surface area contributed by atoms with Crippen molar-refractivity contribution in [1.29, 1.82) is 0 Å². The molecule has 0 fully saturated rings. The molecule has 1 aliphatic rings. The second-order valence-corrected chi connectivity index (χ2v) is 3.79. The zero-order valence-electron chi connectivity index (χ0n) is 9.51. The Hall–Kier alpha value is -1.48. The molecule has 7 N–H and O–H groups in total. The van der Waals surface area contributed by atoms with Gasteiger partial charge in [-0.3, -0.25) is 0 Å². The maximum absolute atomic E-state index is 9.77. The Bertz CT molecular complexity index is 299. The molecule has 0 saturated carbocycles. The molecule has 0 bridgehead atoms. The molecule has 18 heavy (non-hydrogen) atoms. The fourth-order valence-electron chi connectivity index (χ4n) is 1.21. The van der Waals surface area contributed by atoms with Crippen LogP contribution in [-0.4, -0.2) is 62.3 Å². The van der Waals surface area contributed by atoms with Crippen LogP contribution in [0.3, 0.4) is 0 Å². The summed E-state index contributed by atoms with van der Waals surface area (Å²) in [7, 11) is 0. The molecule has 8 heteroatoms. The van der Waals surface area contributed by atoms with Crippen LogP contribution in [0.4, 0.5) is 0 Å². The molecule has 0 saturated heterocycles. The number of carboxylic acids is 2. The van der Waals surface area contributed by atoms with E-state index in [0.29, 0.717) is 5.92 Å². The van der Waals surface area contributed by atoms with Crippen LogP contribution < -0.4 is 5.73 Å². The highest BCUT2D eigenvalue weighted by Gasteiger charge is 2.29. The lowest BCUT2D eigenvalue weighted by Crippen LogP contribution is -2.39. The van der Waals surface area contributed by atoms with Crippen LogP contribution in [0.2, 0.25) is 0 Å². The molecular weight excluding hydrogens is 246 g/mol. The summed E-state index contributed by atoms with van der Waals surface area (Å²) < 4.78 is 0. The molecule has 2 unspecified atom stereocenters. The van der Waals surface area contributed by atoms with Gasteiger partial charge in [0, 0.05) is 18.6 Å². The van der Waals surface area contributed by atoms with Gasteiger partial charge < -0.3 is 31.3 Å². The Balaban J connectivity index is 0.000000327. The topological polar surface area (TPSA) is 161 Å². The third kappa shape index (κ3) is 5.73. The molecular formula is C10H17NO7. The van der Waals surface area contributed by atoms with Crippen molar-refractivity contribution in [3.05, 3.63) is 12.2 Å². The number of hydrogen-bond acceptors (Lipinski definition) is 6. The van der Waals surface area contributed by atoms with Crippen molar-refractivity contribution < 1.29 is 35.1 Å². The largest absolute Gasteiger partial charge is 0.479 e. The second-order valence-electron chi connectivity index (χ2n) is 3.79. The summed E-state index contributed by atoms with van der Waals surface area (Å²) in [5, 5.41) is 41.1. The van der Waals surface area contributed by atoms with Gasteiger partial charge in [0.15, 0.2) is 12.2 Å². The van der Waals surface area contributed by atoms with E-state index in [2.05, 4.69) is 0 Å². The van der Waals surface area contributed by atoms with E-state index < -0.39 is 24.1 Å². The Morgan fingerprint density at radius 3 is 1.78 bits per heavy atom. The summed E-state index contributed by atoms with van der Waals surface area (Å²) in [5.74, 6) is -3.21. The highest BCUT2D eigenvalue weighted by molar-refractivity contribution is 5.83. The van der Waals surface area contributed by atoms with Crippen LogP contribution in [0.5, 0.6) is 0 Å². The zero-order valence-corrected chi connectivity index (χ0v) is 9.51. The van der Waals surface area contributed by atoms with Crippen molar-refractivity contribution in [2.24, 2.45) is 11.7 Å². The molecule has 0 aliphatic heterocycles. The van der Waals surface area contributed by atoms with E-state index in [9.17, 15) is 9.59 Å². The standard InChI is InChI=1S/C6H11NO.C4H6O6/c7-6-2-1-5(3-6)4-8;5-1(3(7)8)2(6)4(9)10/h1-2,5-6,8H,3-4,7H2;1-2,5-6H,(H,7,8)(H,9,10)/t5?,6-;1-,2?/m00/s1. The number of hydrogen-bond donors (Lipinski definition) is 6. The maximum Gasteiger partial charge on any atom is 0.335 e. The van der Waals surface area contributed by atoms with Gasteiger partial charge in [-0.25, -0.2) is 9.59 Å². The van der Waals surface area contributed by atoms with Crippen molar-refractivity contribution in [2.75, 3.05) is 6.61 Å². The molecule has 0 radical (unpaired) electrons. The molecule has 0 spiro atoms. The zero-order chi connectivity index (χ0) is 14.3. The Morgan fingerprint density at radius 1 is 1.17 bits per heavy atom. The average Bonchev–Trinajstić information content (AvgIpc) is 2.73. The van der Waals surface area contributed by atoms with Gasteiger partial charge in [0.05, 0.1) is 0 Å². The van der Waals surface area contributed by atoms with Gasteiger partial charge in [0.1, 0.15) is 0 Å². The third-order valence-electron chi connectivity index (χ3n) is 2.24. The number of carbonyl (C=O) groups is 2. The normalized spacial score (nSPS) is 24.9. The van der Waals surface area contributed by atoms with Crippen LogP contribution in [0.1, 0.15) is 6.42 Å². The number of nitrogens with two attached hydrogens (primary N) is 1. The first-order chi connectivity index (χ1) is 8.29. The van der Waals surface area contributed by atoms with Crippen LogP contribution in [-0.2, 0) is 9.59 Å². The third-order valence-corrected chi connectivity index (χ3v) is 2.24. The summed E-state index contributed by atoms with van der Waals surface area (Å²) >= 11 is 0. The van der Waals surface area contributed by atoms with Crippen LogP contribution in [0, 0.1) is 5.92 Å². The highest BCUT2D eigenvalue weighted by Crippen LogP contribution is 2.14.